The fourth-order valence-electron chi connectivity index (χ4n) is 5.02. The van der Waals surface area contributed by atoms with Gasteiger partial charge in [-0.25, -0.2) is 8.42 Å². The second-order valence-electron chi connectivity index (χ2n) is 9.04. The summed E-state index contributed by atoms with van der Waals surface area (Å²) in [7, 11) is -0.901. The Bertz CT molecular complexity index is 1360. The predicted molar refractivity (Wildman–Crippen MR) is 132 cm³/mol. The van der Waals surface area contributed by atoms with Crippen LogP contribution in [0.5, 0.6) is 11.5 Å². The molecule has 2 atom stereocenters. The lowest BCUT2D eigenvalue weighted by molar-refractivity contribution is -0.137. The van der Waals surface area contributed by atoms with Gasteiger partial charge in [0, 0.05) is 19.0 Å². The van der Waals surface area contributed by atoms with Crippen molar-refractivity contribution in [3.63, 3.8) is 0 Å². The first-order valence-electron chi connectivity index (χ1n) is 11.9. The molecule has 3 aromatic rings. The number of nitrogens with zero attached hydrogens (tertiary/aromatic N) is 4. The van der Waals surface area contributed by atoms with Crippen LogP contribution in [-0.2, 0) is 14.8 Å². The lowest BCUT2D eigenvalue weighted by atomic mass is 9.93. The van der Waals surface area contributed by atoms with Crippen molar-refractivity contribution in [1.29, 1.82) is 0 Å². The SMILES string of the molecule is COc1cccc(OC)c1-n1c(NS(=O)(=O)[C@H]2CC[C@@H]3CCCC(=O)N3C2)nnc1-c1ccc(C)o1. The van der Waals surface area contributed by atoms with E-state index in [4.69, 9.17) is 13.9 Å². The van der Waals surface area contributed by atoms with Crippen molar-refractivity contribution in [3.8, 4) is 28.8 Å². The Morgan fingerprint density at radius 1 is 1.06 bits per heavy atom. The van der Waals surface area contributed by atoms with Gasteiger partial charge in [-0.15, -0.1) is 10.2 Å². The molecule has 1 N–H and O–H groups in total. The maximum absolute atomic E-state index is 13.6. The molecule has 1 aromatic carbocycles. The molecule has 0 spiro atoms. The van der Waals surface area contributed by atoms with Gasteiger partial charge in [-0.05, 0) is 56.9 Å². The number of hydrogen-bond acceptors (Lipinski definition) is 8. The van der Waals surface area contributed by atoms with Crippen LogP contribution in [0.25, 0.3) is 17.3 Å². The van der Waals surface area contributed by atoms with Crippen LogP contribution in [0.3, 0.4) is 0 Å². The van der Waals surface area contributed by atoms with Gasteiger partial charge in [0.15, 0.2) is 5.76 Å². The van der Waals surface area contributed by atoms with Crippen LogP contribution in [0.2, 0.25) is 0 Å². The molecule has 0 saturated carbocycles. The van der Waals surface area contributed by atoms with Crippen molar-refractivity contribution in [2.24, 2.45) is 0 Å². The molecule has 0 bridgehead atoms. The number of para-hydroxylation sites is 1. The number of aromatic nitrogens is 3. The minimum Gasteiger partial charge on any atom is -0.494 e. The first-order valence-corrected chi connectivity index (χ1v) is 13.4. The molecule has 0 aliphatic carbocycles. The number of methoxy groups -OCH3 is 2. The van der Waals surface area contributed by atoms with Gasteiger partial charge in [0.2, 0.25) is 27.7 Å². The van der Waals surface area contributed by atoms with E-state index in [1.807, 2.05) is 0 Å². The number of benzene rings is 1. The Balaban J connectivity index is 1.56. The Hall–Kier alpha value is -3.54. The van der Waals surface area contributed by atoms with Crippen LogP contribution in [0.4, 0.5) is 5.95 Å². The second-order valence-corrected chi connectivity index (χ2v) is 11.0. The Morgan fingerprint density at radius 3 is 2.47 bits per heavy atom. The van der Waals surface area contributed by atoms with Gasteiger partial charge in [-0.2, -0.15) is 0 Å². The molecular formula is C24H29N5O6S. The van der Waals surface area contributed by atoms with Gasteiger partial charge in [0.25, 0.3) is 0 Å². The molecule has 192 valence electrons. The van der Waals surface area contributed by atoms with E-state index >= 15 is 0 Å². The quantitative estimate of drug-likeness (QED) is 0.508. The lowest BCUT2D eigenvalue weighted by Gasteiger charge is -2.42. The number of ether oxygens (including phenoxy) is 2. The molecule has 2 fully saturated rings. The summed E-state index contributed by atoms with van der Waals surface area (Å²) in [5.41, 5.74) is 0.421. The zero-order valence-corrected chi connectivity index (χ0v) is 21.2. The first-order chi connectivity index (χ1) is 17.3. The monoisotopic (exact) mass is 515 g/mol. The zero-order valence-electron chi connectivity index (χ0n) is 20.4. The normalized spacial score (nSPS) is 20.2. The van der Waals surface area contributed by atoms with Crippen LogP contribution in [-0.4, -0.2) is 66.0 Å². The van der Waals surface area contributed by atoms with Crippen molar-refractivity contribution in [3.05, 3.63) is 36.1 Å². The summed E-state index contributed by atoms with van der Waals surface area (Å²) < 4.78 is 48.2. The number of aryl methyl sites for hydroxylation is 1. The predicted octanol–water partition coefficient (Wildman–Crippen LogP) is 3.14. The third-order valence-corrected chi connectivity index (χ3v) is 8.56. The van der Waals surface area contributed by atoms with E-state index in [0.717, 1.165) is 12.8 Å². The number of carbonyl (C=O) groups excluding carboxylic acids is 1. The van der Waals surface area contributed by atoms with Gasteiger partial charge in [-0.3, -0.25) is 14.1 Å². The number of hydrogen-bond donors (Lipinski definition) is 1. The third kappa shape index (κ3) is 4.29. The van der Waals surface area contributed by atoms with Gasteiger partial charge in [0.05, 0.1) is 19.5 Å². The number of fused-ring (bicyclic) bond motifs is 1. The molecule has 1 amide bonds. The molecule has 11 nitrogen and oxygen atoms in total. The number of carbonyl (C=O) groups is 1. The number of rotatable bonds is 7. The van der Waals surface area contributed by atoms with Crippen molar-refractivity contribution >= 4 is 21.9 Å². The highest BCUT2D eigenvalue weighted by molar-refractivity contribution is 7.93. The number of sulfonamides is 1. The molecule has 0 radical (unpaired) electrons. The highest BCUT2D eigenvalue weighted by Gasteiger charge is 2.40. The molecular weight excluding hydrogens is 486 g/mol. The summed E-state index contributed by atoms with van der Waals surface area (Å²) >= 11 is 0. The topological polar surface area (TPSA) is 129 Å². The average Bonchev–Trinajstić information content (AvgIpc) is 3.48. The molecule has 0 unspecified atom stereocenters. The number of piperidine rings is 2. The molecule has 5 rings (SSSR count). The standard InChI is InChI=1S/C24H29N5O6S/c1-15-10-13-20(35-15)23-25-26-24(29(23)22-18(33-2)7-5-8-19(22)34-3)27-36(31,32)17-12-11-16-6-4-9-21(30)28(16)14-17/h5,7-8,10,13,16-17H,4,6,9,11-12,14H2,1-3H3,(H,26,27)/t16-,17-/m0/s1. The molecule has 36 heavy (non-hydrogen) atoms. The van der Waals surface area contributed by atoms with Crippen LogP contribution in [0.15, 0.2) is 34.7 Å². The van der Waals surface area contributed by atoms with E-state index < -0.39 is 15.3 Å². The third-order valence-electron chi connectivity index (χ3n) is 6.83. The van der Waals surface area contributed by atoms with Gasteiger partial charge >= 0.3 is 0 Å². The first kappa shape index (κ1) is 24.2. The van der Waals surface area contributed by atoms with Crippen molar-refractivity contribution in [2.45, 2.75) is 50.3 Å². The number of nitrogens with one attached hydrogen (secondary N) is 1. The summed E-state index contributed by atoms with van der Waals surface area (Å²) in [6.07, 6.45) is 3.35. The highest BCUT2D eigenvalue weighted by atomic mass is 32.2. The molecule has 2 aliphatic heterocycles. The second kappa shape index (κ2) is 9.49. The fourth-order valence-corrected chi connectivity index (χ4v) is 6.38. The Labute approximate surface area is 209 Å². The van der Waals surface area contributed by atoms with E-state index in [1.54, 1.807) is 42.2 Å². The van der Waals surface area contributed by atoms with Crippen LogP contribution in [0.1, 0.15) is 37.9 Å². The molecule has 12 heteroatoms. The van der Waals surface area contributed by atoms with Gasteiger partial charge in [0.1, 0.15) is 22.9 Å². The van der Waals surface area contributed by atoms with E-state index in [-0.39, 0.29) is 30.3 Å². The molecule has 2 aliphatic rings. The number of anilines is 1. The zero-order chi connectivity index (χ0) is 25.4. The van der Waals surface area contributed by atoms with E-state index in [1.165, 1.54) is 18.8 Å². The average molecular weight is 516 g/mol. The number of furan rings is 1. The highest BCUT2D eigenvalue weighted by Crippen LogP contribution is 2.38. The minimum absolute atomic E-state index is 0.0172. The van der Waals surface area contributed by atoms with Crippen molar-refractivity contribution in [2.75, 3.05) is 25.5 Å². The molecule has 2 saturated heterocycles. The van der Waals surface area contributed by atoms with Crippen LogP contribution >= 0.6 is 0 Å². The largest absolute Gasteiger partial charge is 0.494 e. The molecule has 2 aromatic heterocycles. The minimum atomic E-state index is -3.92. The Morgan fingerprint density at radius 2 is 1.81 bits per heavy atom. The summed E-state index contributed by atoms with van der Waals surface area (Å²) in [6.45, 7) is 1.96. The van der Waals surface area contributed by atoms with E-state index in [0.29, 0.717) is 48.0 Å². The van der Waals surface area contributed by atoms with E-state index in [2.05, 4.69) is 14.9 Å². The van der Waals surface area contributed by atoms with Crippen LogP contribution in [0, 0.1) is 6.92 Å². The fraction of sp³-hybridized carbons (Fsp3) is 0.458. The van der Waals surface area contributed by atoms with Gasteiger partial charge in [-0.1, -0.05) is 6.07 Å². The van der Waals surface area contributed by atoms with Crippen molar-refractivity contribution in [1.82, 2.24) is 19.7 Å². The summed E-state index contributed by atoms with van der Waals surface area (Å²) in [4.78, 5) is 14.2. The van der Waals surface area contributed by atoms with Crippen molar-refractivity contribution < 1.29 is 27.1 Å². The summed E-state index contributed by atoms with van der Waals surface area (Å²) in [5.74, 6) is 2.18. The maximum atomic E-state index is 13.6. The lowest BCUT2D eigenvalue weighted by Crippen LogP contribution is -2.53. The van der Waals surface area contributed by atoms with Gasteiger partial charge < -0.3 is 18.8 Å². The number of amides is 1. The Kier molecular flexibility index (Phi) is 6.37. The maximum Gasteiger partial charge on any atom is 0.243 e. The molecule has 4 heterocycles. The summed E-state index contributed by atoms with van der Waals surface area (Å²) in [5, 5.41) is 7.66. The van der Waals surface area contributed by atoms with E-state index in [9.17, 15) is 13.2 Å². The van der Waals surface area contributed by atoms with Crippen LogP contribution < -0.4 is 14.2 Å². The summed E-state index contributed by atoms with van der Waals surface area (Å²) in [6, 6.07) is 8.87. The smallest absolute Gasteiger partial charge is 0.243 e.